The predicted octanol–water partition coefficient (Wildman–Crippen LogP) is 4.05. The van der Waals surface area contributed by atoms with Gasteiger partial charge in [0.05, 0.1) is 11.5 Å². The highest BCUT2D eigenvalue weighted by Crippen LogP contribution is 2.33. The summed E-state index contributed by atoms with van der Waals surface area (Å²) in [6.07, 6.45) is 3.13. The predicted molar refractivity (Wildman–Crippen MR) is 117 cm³/mol. The average Bonchev–Trinajstić information content (AvgIpc) is 3.35. The van der Waals surface area contributed by atoms with Gasteiger partial charge in [-0.1, -0.05) is 11.6 Å². The van der Waals surface area contributed by atoms with Crippen molar-refractivity contribution in [1.82, 2.24) is 8.87 Å². The molecule has 1 aliphatic heterocycles. The van der Waals surface area contributed by atoms with Crippen molar-refractivity contribution in [2.75, 3.05) is 19.7 Å². The first-order valence-corrected chi connectivity index (χ1v) is 11.6. The van der Waals surface area contributed by atoms with Gasteiger partial charge in [0, 0.05) is 41.3 Å². The highest BCUT2D eigenvalue weighted by molar-refractivity contribution is 7.89. The van der Waals surface area contributed by atoms with Gasteiger partial charge in [-0.3, -0.25) is 0 Å². The van der Waals surface area contributed by atoms with Crippen molar-refractivity contribution in [3.63, 3.8) is 0 Å². The fraction of sp³-hybridized carbons (Fsp3) is 0.318. The Labute approximate surface area is 186 Å². The van der Waals surface area contributed by atoms with Gasteiger partial charge in [-0.15, -0.1) is 0 Å². The molecule has 1 aliphatic rings. The summed E-state index contributed by atoms with van der Waals surface area (Å²) in [6.45, 7) is 5.47. The number of carbonyl (C=O) groups excluding carboxylic acids is 2. The third kappa shape index (κ3) is 4.83. The average molecular weight is 463 g/mol. The molecule has 0 spiro atoms. The zero-order valence-electron chi connectivity index (χ0n) is 17.2. The van der Waals surface area contributed by atoms with E-state index in [0.29, 0.717) is 35.4 Å². The summed E-state index contributed by atoms with van der Waals surface area (Å²) < 4.78 is 35.3. The van der Waals surface area contributed by atoms with Gasteiger partial charge in [0.2, 0.25) is 10.0 Å². The molecule has 4 rings (SSSR count). The topological polar surface area (TPSA) is 85.7 Å². The van der Waals surface area contributed by atoms with Crippen LogP contribution in [0.1, 0.15) is 24.9 Å². The number of nitrogens with zero attached hydrogens (tertiary/aromatic N) is 2. The normalized spacial score (nSPS) is 16.5. The van der Waals surface area contributed by atoms with Gasteiger partial charge in [-0.05, 0) is 68.3 Å². The number of fused-ring (bicyclic) bond motifs is 1. The summed E-state index contributed by atoms with van der Waals surface area (Å²) in [5.74, 6) is 0.675. The van der Waals surface area contributed by atoms with Gasteiger partial charge in [0.25, 0.3) is 0 Å². The maximum absolute atomic E-state index is 13.1. The van der Waals surface area contributed by atoms with Gasteiger partial charge in [0.1, 0.15) is 5.75 Å². The Hall–Kier alpha value is -2.64. The van der Waals surface area contributed by atoms with E-state index in [2.05, 4.69) is 17.7 Å². The van der Waals surface area contributed by atoms with Crippen molar-refractivity contribution < 1.29 is 22.7 Å². The Morgan fingerprint density at radius 1 is 1.16 bits per heavy atom. The summed E-state index contributed by atoms with van der Waals surface area (Å²) in [4.78, 5) is 16.6. The number of rotatable bonds is 5. The van der Waals surface area contributed by atoms with Crippen molar-refractivity contribution in [2.24, 2.45) is 0 Å². The van der Waals surface area contributed by atoms with Crippen LogP contribution in [0, 0.1) is 6.92 Å². The number of aromatic nitrogens is 1. The SMILES string of the molecule is CCOc1ccc(S(=O)(=O)N2CCC(n3cc(C)c4cc(Cl)ccc43)C2)cc1.O=C=O. The standard InChI is InChI=1S/C21H23ClN2O3S.CO2/c1-3-27-18-5-7-19(8-6-18)28(25,26)23-11-10-17(14-23)24-13-15(2)20-12-16(22)4-9-21(20)24;2-1-3/h4-9,12-13,17H,3,10-11,14H2,1-2H3;. The molecule has 0 bridgehead atoms. The van der Waals surface area contributed by atoms with Crippen LogP contribution in [0.25, 0.3) is 10.9 Å². The van der Waals surface area contributed by atoms with Crippen LogP contribution in [0.2, 0.25) is 5.02 Å². The maximum Gasteiger partial charge on any atom is 0.373 e. The Balaban J connectivity index is 0.000000858. The Bertz CT molecular complexity index is 1200. The quantitative estimate of drug-likeness (QED) is 0.570. The third-order valence-corrected chi connectivity index (χ3v) is 7.40. The van der Waals surface area contributed by atoms with E-state index >= 15 is 0 Å². The van der Waals surface area contributed by atoms with Gasteiger partial charge in [0.15, 0.2) is 0 Å². The van der Waals surface area contributed by atoms with E-state index in [1.54, 1.807) is 28.6 Å². The van der Waals surface area contributed by atoms with Gasteiger partial charge >= 0.3 is 6.15 Å². The first-order chi connectivity index (χ1) is 14.8. The van der Waals surface area contributed by atoms with Crippen LogP contribution in [0.15, 0.2) is 53.6 Å². The highest BCUT2D eigenvalue weighted by Gasteiger charge is 2.33. The number of halogens is 1. The van der Waals surface area contributed by atoms with Crippen LogP contribution in [0.4, 0.5) is 0 Å². The number of benzene rings is 2. The van der Waals surface area contributed by atoms with Gasteiger partial charge in [-0.25, -0.2) is 8.42 Å². The van der Waals surface area contributed by atoms with Gasteiger partial charge in [-0.2, -0.15) is 13.9 Å². The van der Waals surface area contributed by atoms with E-state index < -0.39 is 10.0 Å². The third-order valence-electron chi connectivity index (χ3n) is 5.29. The second-order valence-electron chi connectivity index (χ2n) is 7.17. The molecular weight excluding hydrogens is 440 g/mol. The van der Waals surface area contributed by atoms with Crippen molar-refractivity contribution in [3.8, 4) is 5.75 Å². The molecule has 1 atom stereocenters. The Kier molecular flexibility index (Phi) is 7.18. The summed E-state index contributed by atoms with van der Waals surface area (Å²) in [7, 11) is -3.52. The van der Waals surface area contributed by atoms with Crippen LogP contribution in [0.3, 0.4) is 0 Å². The molecule has 0 radical (unpaired) electrons. The van der Waals surface area contributed by atoms with E-state index in [9.17, 15) is 8.42 Å². The lowest BCUT2D eigenvalue weighted by atomic mass is 10.2. The fourth-order valence-electron chi connectivity index (χ4n) is 3.88. The largest absolute Gasteiger partial charge is 0.494 e. The van der Waals surface area contributed by atoms with Crippen LogP contribution in [-0.4, -0.2) is 43.1 Å². The minimum atomic E-state index is -3.52. The monoisotopic (exact) mass is 462 g/mol. The summed E-state index contributed by atoms with van der Waals surface area (Å²) >= 11 is 6.14. The molecule has 2 aromatic carbocycles. The molecule has 164 valence electrons. The first-order valence-electron chi connectivity index (χ1n) is 9.80. The molecule has 0 aliphatic carbocycles. The first kappa shape index (κ1) is 23.0. The molecule has 1 unspecified atom stereocenters. The van der Waals surface area contributed by atoms with E-state index in [1.807, 2.05) is 25.1 Å². The summed E-state index contributed by atoms with van der Waals surface area (Å²) in [6, 6.07) is 12.6. The fourth-order valence-corrected chi connectivity index (χ4v) is 5.54. The zero-order valence-corrected chi connectivity index (χ0v) is 18.8. The molecule has 1 aromatic heterocycles. The minimum absolute atomic E-state index is 0.106. The van der Waals surface area contributed by atoms with Crippen LogP contribution >= 0.6 is 11.6 Å². The Morgan fingerprint density at radius 3 is 2.48 bits per heavy atom. The van der Waals surface area contributed by atoms with Crippen LogP contribution < -0.4 is 4.74 Å². The van der Waals surface area contributed by atoms with E-state index in [0.717, 1.165) is 22.9 Å². The van der Waals surface area contributed by atoms with E-state index in [-0.39, 0.29) is 12.2 Å². The van der Waals surface area contributed by atoms with Crippen LogP contribution in [0.5, 0.6) is 5.75 Å². The summed E-state index contributed by atoms with van der Waals surface area (Å²) in [5, 5.41) is 1.82. The molecule has 2 heterocycles. The lowest BCUT2D eigenvalue weighted by Crippen LogP contribution is -2.29. The van der Waals surface area contributed by atoms with E-state index in [4.69, 9.17) is 25.9 Å². The molecular formula is C22H23ClN2O5S. The molecule has 3 aromatic rings. The number of hydrogen-bond donors (Lipinski definition) is 0. The van der Waals surface area contributed by atoms with Crippen molar-refractivity contribution in [1.29, 1.82) is 0 Å². The van der Waals surface area contributed by atoms with Crippen LogP contribution in [-0.2, 0) is 19.6 Å². The number of ether oxygens (including phenoxy) is 1. The molecule has 1 saturated heterocycles. The van der Waals surface area contributed by atoms with Crippen molar-refractivity contribution >= 4 is 38.7 Å². The van der Waals surface area contributed by atoms with E-state index in [1.165, 1.54) is 0 Å². The number of aryl methyl sites for hydroxylation is 1. The minimum Gasteiger partial charge on any atom is -0.494 e. The number of sulfonamides is 1. The summed E-state index contributed by atoms with van der Waals surface area (Å²) in [5.41, 5.74) is 2.23. The number of hydrogen-bond acceptors (Lipinski definition) is 5. The highest BCUT2D eigenvalue weighted by atomic mass is 35.5. The van der Waals surface area contributed by atoms with Crippen molar-refractivity contribution in [2.45, 2.75) is 31.2 Å². The molecule has 1 fully saturated rings. The molecule has 0 amide bonds. The zero-order chi connectivity index (χ0) is 22.6. The maximum atomic E-state index is 13.1. The second kappa shape index (κ2) is 9.66. The second-order valence-corrected chi connectivity index (χ2v) is 9.55. The molecule has 0 saturated carbocycles. The molecule has 7 nitrogen and oxygen atoms in total. The smallest absolute Gasteiger partial charge is 0.373 e. The molecule has 9 heteroatoms. The van der Waals surface area contributed by atoms with Crippen molar-refractivity contribution in [3.05, 3.63) is 59.2 Å². The lowest BCUT2D eigenvalue weighted by molar-refractivity contribution is -0.191. The molecule has 31 heavy (non-hydrogen) atoms. The molecule has 0 N–H and O–H groups in total. The van der Waals surface area contributed by atoms with Gasteiger partial charge < -0.3 is 9.30 Å². The lowest BCUT2D eigenvalue weighted by Gasteiger charge is -2.18. The Morgan fingerprint density at radius 2 is 1.84 bits per heavy atom.